The second-order valence-electron chi connectivity index (χ2n) is 6.29. The molecule has 1 saturated carbocycles. The minimum Gasteiger partial charge on any atom is -0.310 e. The molecule has 1 aliphatic carbocycles. The van der Waals surface area contributed by atoms with Crippen molar-refractivity contribution in [2.24, 2.45) is 11.3 Å². The highest BCUT2D eigenvalue weighted by molar-refractivity contribution is 5.79. The van der Waals surface area contributed by atoms with Crippen molar-refractivity contribution in [3.8, 4) is 0 Å². The molecule has 1 aromatic heterocycles. The summed E-state index contributed by atoms with van der Waals surface area (Å²) in [5.74, 6) is 0.751. The monoisotopic (exact) mass is 254 g/mol. The molecular formula is C17H22N2. The molecule has 100 valence electrons. The molecule has 0 radical (unpaired) electrons. The van der Waals surface area contributed by atoms with Gasteiger partial charge < -0.3 is 5.32 Å². The predicted molar refractivity (Wildman–Crippen MR) is 80.0 cm³/mol. The number of hydrogen-bond acceptors (Lipinski definition) is 2. The van der Waals surface area contributed by atoms with Crippen LogP contribution in [0.2, 0.25) is 0 Å². The average molecular weight is 254 g/mol. The Bertz CT molecular complexity index is 589. The third-order valence-corrected chi connectivity index (χ3v) is 4.40. The highest BCUT2D eigenvalue weighted by Gasteiger charge is 2.50. The summed E-state index contributed by atoms with van der Waals surface area (Å²) in [4.78, 5) is 4.40. The van der Waals surface area contributed by atoms with E-state index in [1.807, 2.05) is 12.3 Å². The van der Waals surface area contributed by atoms with Gasteiger partial charge in [0.15, 0.2) is 0 Å². The molecular weight excluding hydrogens is 232 g/mol. The van der Waals surface area contributed by atoms with E-state index < -0.39 is 0 Å². The topological polar surface area (TPSA) is 24.9 Å². The van der Waals surface area contributed by atoms with E-state index in [1.165, 1.54) is 17.4 Å². The molecule has 0 bridgehead atoms. The Hall–Kier alpha value is -1.41. The smallest absolute Gasteiger partial charge is 0.0702 e. The molecule has 2 unspecified atom stereocenters. The lowest BCUT2D eigenvalue weighted by molar-refractivity contribution is 0.424. The molecule has 1 fully saturated rings. The van der Waals surface area contributed by atoms with E-state index in [-0.39, 0.29) is 0 Å². The molecule has 1 aliphatic rings. The summed E-state index contributed by atoms with van der Waals surface area (Å²) in [5, 5.41) is 4.90. The van der Waals surface area contributed by atoms with Crippen molar-refractivity contribution in [3.63, 3.8) is 0 Å². The normalized spacial score (nSPS) is 22.4. The van der Waals surface area contributed by atoms with Crippen LogP contribution >= 0.6 is 0 Å². The molecule has 2 aromatic rings. The second kappa shape index (κ2) is 4.61. The number of nitrogens with one attached hydrogen (secondary N) is 1. The quantitative estimate of drug-likeness (QED) is 0.894. The fraction of sp³-hybridized carbons (Fsp3) is 0.471. The van der Waals surface area contributed by atoms with Crippen molar-refractivity contribution < 1.29 is 0 Å². The molecule has 3 rings (SSSR count). The van der Waals surface area contributed by atoms with Crippen molar-refractivity contribution in [2.75, 3.05) is 6.54 Å². The van der Waals surface area contributed by atoms with Gasteiger partial charge in [0.25, 0.3) is 0 Å². The summed E-state index contributed by atoms with van der Waals surface area (Å²) >= 11 is 0. The minimum absolute atomic E-state index is 0.476. The Morgan fingerprint density at radius 3 is 2.84 bits per heavy atom. The van der Waals surface area contributed by atoms with Gasteiger partial charge in [0.1, 0.15) is 0 Å². The van der Waals surface area contributed by atoms with Gasteiger partial charge in [0, 0.05) is 17.6 Å². The summed E-state index contributed by atoms with van der Waals surface area (Å²) in [6, 6.07) is 11.3. The van der Waals surface area contributed by atoms with Crippen molar-refractivity contribution in [1.29, 1.82) is 0 Å². The Morgan fingerprint density at radius 2 is 2.16 bits per heavy atom. The number of aromatic nitrogens is 1. The molecule has 1 N–H and O–H groups in total. The molecule has 0 aliphatic heterocycles. The van der Waals surface area contributed by atoms with Gasteiger partial charge in [-0.15, -0.1) is 0 Å². The first-order valence-electron chi connectivity index (χ1n) is 7.20. The van der Waals surface area contributed by atoms with Crippen molar-refractivity contribution in [3.05, 3.63) is 42.1 Å². The fourth-order valence-electron chi connectivity index (χ4n) is 3.08. The maximum Gasteiger partial charge on any atom is 0.0702 e. The molecule has 0 spiro atoms. The zero-order chi connectivity index (χ0) is 13.5. The minimum atomic E-state index is 0.476. The lowest BCUT2D eigenvalue weighted by Crippen LogP contribution is -2.24. The van der Waals surface area contributed by atoms with Crippen LogP contribution in [0, 0.1) is 11.3 Å². The lowest BCUT2D eigenvalue weighted by Gasteiger charge is -2.20. The number of fused-ring (bicyclic) bond motifs is 1. The standard InChI is InChI=1S/C17H22N2/c1-4-18-16(14-11-17(14,2)3)13-7-8-15-12(10-13)6-5-9-19-15/h5-10,14,16,18H,4,11H2,1-3H3. The molecule has 2 atom stereocenters. The van der Waals surface area contributed by atoms with E-state index in [9.17, 15) is 0 Å². The molecule has 2 heteroatoms. The predicted octanol–water partition coefficient (Wildman–Crippen LogP) is 3.93. The average Bonchev–Trinajstić information content (AvgIpc) is 3.04. The Labute approximate surface area is 115 Å². The number of hydrogen-bond donors (Lipinski definition) is 1. The molecule has 1 aromatic carbocycles. The first-order chi connectivity index (χ1) is 9.12. The number of pyridine rings is 1. The van der Waals surface area contributed by atoms with E-state index in [4.69, 9.17) is 0 Å². The molecule has 2 nitrogen and oxygen atoms in total. The van der Waals surface area contributed by atoms with Gasteiger partial charge in [-0.2, -0.15) is 0 Å². The molecule has 0 amide bonds. The van der Waals surface area contributed by atoms with E-state index in [0.29, 0.717) is 11.5 Å². The van der Waals surface area contributed by atoms with Gasteiger partial charge in [-0.05, 0) is 48.1 Å². The largest absolute Gasteiger partial charge is 0.310 e. The van der Waals surface area contributed by atoms with E-state index in [0.717, 1.165) is 18.0 Å². The number of rotatable bonds is 4. The Kier molecular flexibility index (Phi) is 3.06. The summed E-state index contributed by atoms with van der Waals surface area (Å²) in [5.41, 5.74) is 2.96. The van der Waals surface area contributed by atoms with Gasteiger partial charge >= 0.3 is 0 Å². The fourth-order valence-corrected chi connectivity index (χ4v) is 3.08. The van der Waals surface area contributed by atoms with Crippen LogP contribution in [0.25, 0.3) is 10.9 Å². The van der Waals surface area contributed by atoms with Crippen LogP contribution in [0.5, 0.6) is 0 Å². The summed E-state index contributed by atoms with van der Waals surface area (Å²) in [7, 11) is 0. The van der Waals surface area contributed by atoms with Crippen LogP contribution in [0.4, 0.5) is 0 Å². The van der Waals surface area contributed by atoms with Crippen LogP contribution in [0.1, 0.15) is 38.8 Å². The number of nitrogens with zero attached hydrogens (tertiary/aromatic N) is 1. The first kappa shape index (κ1) is 12.6. The Morgan fingerprint density at radius 1 is 1.37 bits per heavy atom. The van der Waals surface area contributed by atoms with Gasteiger partial charge in [0.05, 0.1) is 5.52 Å². The van der Waals surface area contributed by atoms with Crippen molar-refractivity contribution in [1.82, 2.24) is 10.3 Å². The van der Waals surface area contributed by atoms with E-state index in [1.54, 1.807) is 0 Å². The zero-order valence-corrected chi connectivity index (χ0v) is 12.0. The van der Waals surface area contributed by atoms with Gasteiger partial charge in [-0.3, -0.25) is 4.98 Å². The van der Waals surface area contributed by atoms with Crippen LogP contribution in [0.15, 0.2) is 36.5 Å². The third kappa shape index (κ3) is 2.37. The summed E-state index contributed by atoms with van der Waals surface area (Å²) in [6.07, 6.45) is 3.17. The summed E-state index contributed by atoms with van der Waals surface area (Å²) in [6.45, 7) is 7.93. The van der Waals surface area contributed by atoms with Gasteiger partial charge in [0.2, 0.25) is 0 Å². The maximum absolute atomic E-state index is 4.40. The SMILES string of the molecule is CCNC(c1ccc2ncccc2c1)C1CC1(C)C. The van der Waals surface area contributed by atoms with E-state index in [2.05, 4.69) is 55.3 Å². The molecule has 19 heavy (non-hydrogen) atoms. The summed E-state index contributed by atoms with van der Waals surface area (Å²) < 4.78 is 0. The van der Waals surface area contributed by atoms with Gasteiger partial charge in [-0.1, -0.05) is 32.9 Å². The number of benzene rings is 1. The van der Waals surface area contributed by atoms with Crippen LogP contribution < -0.4 is 5.32 Å². The zero-order valence-electron chi connectivity index (χ0n) is 12.0. The second-order valence-corrected chi connectivity index (χ2v) is 6.29. The van der Waals surface area contributed by atoms with Crippen LogP contribution in [-0.4, -0.2) is 11.5 Å². The first-order valence-corrected chi connectivity index (χ1v) is 7.20. The van der Waals surface area contributed by atoms with Crippen LogP contribution in [-0.2, 0) is 0 Å². The van der Waals surface area contributed by atoms with Gasteiger partial charge in [-0.25, -0.2) is 0 Å². The van der Waals surface area contributed by atoms with Crippen LogP contribution in [0.3, 0.4) is 0 Å². The van der Waals surface area contributed by atoms with E-state index >= 15 is 0 Å². The van der Waals surface area contributed by atoms with Crippen molar-refractivity contribution in [2.45, 2.75) is 33.2 Å². The highest BCUT2D eigenvalue weighted by Crippen LogP contribution is 2.57. The highest BCUT2D eigenvalue weighted by atomic mass is 14.9. The van der Waals surface area contributed by atoms with Crippen molar-refractivity contribution >= 4 is 10.9 Å². The molecule has 1 heterocycles. The maximum atomic E-state index is 4.40. The Balaban J connectivity index is 1.96. The lowest BCUT2D eigenvalue weighted by atomic mass is 9.96. The molecule has 0 saturated heterocycles. The third-order valence-electron chi connectivity index (χ3n) is 4.40.